The molecule has 1 N–H and O–H groups in total. The topological polar surface area (TPSA) is 41.1 Å². The minimum Gasteiger partial charge on any atom is -0.340 e. The third-order valence-electron chi connectivity index (χ3n) is 3.22. The Bertz CT molecular complexity index is 301. The summed E-state index contributed by atoms with van der Waals surface area (Å²) in [4.78, 5) is 10.9. The van der Waals surface area contributed by atoms with Crippen molar-refractivity contribution in [3.05, 3.63) is 18.5 Å². The molecule has 3 rings (SSSR count). The van der Waals surface area contributed by atoms with Crippen molar-refractivity contribution in [3.63, 3.8) is 0 Å². The Kier molecular flexibility index (Phi) is 1.87. The van der Waals surface area contributed by atoms with E-state index in [9.17, 15) is 0 Å². The van der Waals surface area contributed by atoms with E-state index in [0.717, 1.165) is 44.0 Å². The van der Waals surface area contributed by atoms with Gasteiger partial charge in [-0.15, -0.1) is 0 Å². The highest BCUT2D eigenvalue weighted by Crippen LogP contribution is 2.28. The Morgan fingerprint density at radius 1 is 1.14 bits per heavy atom. The number of hydrogen-bond donors (Lipinski definition) is 1. The van der Waals surface area contributed by atoms with E-state index in [1.807, 2.05) is 18.5 Å². The highest BCUT2D eigenvalue weighted by molar-refractivity contribution is 5.31. The molecule has 2 atom stereocenters. The third kappa shape index (κ3) is 1.26. The third-order valence-corrected chi connectivity index (χ3v) is 3.22. The summed E-state index contributed by atoms with van der Waals surface area (Å²) in [7, 11) is 0. The smallest absolute Gasteiger partial charge is 0.225 e. The summed E-state index contributed by atoms with van der Waals surface area (Å²) in [6.45, 7) is 4.55. The first kappa shape index (κ1) is 8.17. The molecule has 0 aliphatic carbocycles. The Balaban J connectivity index is 1.77. The molecule has 0 bridgehead atoms. The molecule has 0 saturated carbocycles. The van der Waals surface area contributed by atoms with Gasteiger partial charge in [0, 0.05) is 38.6 Å². The molecule has 0 amide bonds. The molecule has 1 aromatic rings. The van der Waals surface area contributed by atoms with Gasteiger partial charge in [0.2, 0.25) is 5.95 Å². The predicted octanol–water partition coefficient (Wildman–Crippen LogP) is 0.132. The SMILES string of the molecule is c1cnc(N2CC3CNCC3C2)nc1. The lowest BCUT2D eigenvalue weighted by Gasteiger charge is -2.16. The molecular formula is C10H14N4. The summed E-state index contributed by atoms with van der Waals surface area (Å²) in [5.74, 6) is 2.50. The van der Waals surface area contributed by atoms with Gasteiger partial charge < -0.3 is 10.2 Å². The largest absolute Gasteiger partial charge is 0.340 e. The molecule has 74 valence electrons. The summed E-state index contributed by atoms with van der Waals surface area (Å²) in [6.07, 6.45) is 3.63. The van der Waals surface area contributed by atoms with Gasteiger partial charge >= 0.3 is 0 Å². The van der Waals surface area contributed by atoms with Crippen LogP contribution in [0.5, 0.6) is 0 Å². The van der Waals surface area contributed by atoms with Crippen LogP contribution in [0.3, 0.4) is 0 Å². The number of anilines is 1. The summed E-state index contributed by atoms with van der Waals surface area (Å²) in [5, 5.41) is 3.43. The molecule has 3 heterocycles. The van der Waals surface area contributed by atoms with E-state index in [1.54, 1.807) is 0 Å². The minimum absolute atomic E-state index is 0.804. The quantitative estimate of drug-likeness (QED) is 0.683. The standard InChI is InChI=1S/C10H14N4/c1-2-12-10(13-3-1)14-6-8-4-11-5-9(8)7-14/h1-3,8-9,11H,4-7H2. The van der Waals surface area contributed by atoms with Crippen molar-refractivity contribution in [1.82, 2.24) is 15.3 Å². The van der Waals surface area contributed by atoms with Crippen LogP contribution in [-0.4, -0.2) is 36.1 Å². The molecule has 2 unspecified atom stereocenters. The van der Waals surface area contributed by atoms with Gasteiger partial charge in [-0.05, 0) is 17.9 Å². The average Bonchev–Trinajstić information content (AvgIpc) is 2.78. The molecule has 4 heteroatoms. The zero-order valence-electron chi connectivity index (χ0n) is 8.06. The predicted molar refractivity (Wildman–Crippen MR) is 54.1 cm³/mol. The highest BCUT2D eigenvalue weighted by atomic mass is 15.3. The Morgan fingerprint density at radius 3 is 2.43 bits per heavy atom. The average molecular weight is 190 g/mol. The molecule has 1 aromatic heterocycles. The van der Waals surface area contributed by atoms with Gasteiger partial charge in [0.25, 0.3) is 0 Å². The van der Waals surface area contributed by atoms with E-state index in [1.165, 1.54) is 0 Å². The first-order chi connectivity index (χ1) is 6.93. The number of aromatic nitrogens is 2. The molecule has 14 heavy (non-hydrogen) atoms. The van der Waals surface area contributed by atoms with Crippen molar-refractivity contribution in [2.24, 2.45) is 11.8 Å². The van der Waals surface area contributed by atoms with Gasteiger partial charge in [0.05, 0.1) is 0 Å². The maximum atomic E-state index is 4.28. The number of nitrogens with one attached hydrogen (secondary N) is 1. The summed E-state index contributed by atoms with van der Waals surface area (Å²) in [5.41, 5.74) is 0. The zero-order chi connectivity index (χ0) is 9.38. The van der Waals surface area contributed by atoms with E-state index >= 15 is 0 Å². The van der Waals surface area contributed by atoms with E-state index < -0.39 is 0 Å². The molecule has 2 aliphatic rings. The van der Waals surface area contributed by atoms with E-state index in [0.29, 0.717) is 0 Å². The van der Waals surface area contributed by atoms with E-state index in [4.69, 9.17) is 0 Å². The first-order valence-corrected chi connectivity index (χ1v) is 5.16. The van der Waals surface area contributed by atoms with Crippen molar-refractivity contribution in [3.8, 4) is 0 Å². The van der Waals surface area contributed by atoms with Crippen LogP contribution < -0.4 is 10.2 Å². The van der Waals surface area contributed by atoms with Crippen LogP contribution in [0, 0.1) is 11.8 Å². The van der Waals surface area contributed by atoms with Crippen LogP contribution in [0.15, 0.2) is 18.5 Å². The lowest BCUT2D eigenvalue weighted by molar-refractivity contribution is 0.533. The molecule has 2 saturated heterocycles. The van der Waals surface area contributed by atoms with Crippen molar-refractivity contribution in [2.75, 3.05) is 31.1 Å². The van der Waals surface area contributed by atoms with Gasteiger partial charge in [-0.2, -0.15) is 0 Å². The molecule has 0 aromatic carbocycles. The number of nitrogens with zero attached hydrogens (tertiary/aromatic N) is 3. The van der Waals surface area contributed by atoms with E-state index in [2.05, 4.69) is 20.2 Å². The molecule has 2 aliphatic heterocycles. The second-order valence-electron chi connectivity index (χ2n) is 4.13. The van der Waals surface area contributed by atoms with Crippen LogP contribution >= 0.6 is 0 Å². The number of rotatable bonds is 1. The summed E-state index contributed by atoms with van der Waals surface area (Å²) < 4.78 is 0. The van der Waals surface area contributed by atoms with Gasteiger partial charge in [-0.3, -0.25) is 0 Å². The molecule has 0 radical (unpaired) electrons. The molecular weight excluding hydrogens is 176 g/mol. The van der Waals surface area contributed by atoms with Crippen molar-refractivity contribution in [1.29, 1.82) is 0 Å². The summed E-state index contributed by atoms with van der Waals surface area (Å²) in [6, 6.07) is 1.86. The minimum atomic E-state index is 0.804. The van der Waals surface area contributed by atoms with Crippen LogP contribution in [0.2, 0.25) is 0 Å². The van der Waals surface area contributed by atoms with Gasteiger partial charge in [-0.1, -0.05) is 0 Å². The van der Waals surface area contributed by atoms with Crippen LogP contribution in [0.4, 0.5) is 5.95 Å². The highest BCUT2D eigenvalue weighted by Gasteiger charge is 2.36. The Morgan fingerprint density at radius 2 is 1.79 bits per heavy atom. The lowest BCUT2D eigenvalue weighted by atomic mass is 10.0. The Labute approximate surface area is 83.4 Å². The Hall–Kier alpha value is -1.16. The van der Waals surface area contributed by atoms with Gasteiger partial charge in [-0.25, -0.2) is 9.97 Å². The maximum absolute atomic E-state index is 4.28. The fraction of sp³-hybridized carbons (Fsp3) is 0.600. The van der Waals surface area contributed by atoms with Crippen molar-refractivity contribution >= 4 is 5.95 Å². The fourth-order valence-corrected chi connectivity index (χ4v) is 2.47. The van der Waals surface area contributed by atoms with Crippen molar-refractivity contribution in [2.45, 2.75) is 0 Å². The molecule has 0 spiro atoms. The molecule has 2 fully saturated rings. The normalized spacial score (nSPS) is 30.7. The second-order valence-corrected chi connectivity index (χ2v) is 4.13. The van der Waals surface area contributed by atoms with Crippen molar-refractivity contribution < 1.29 is 0 Å². The monoisotopic (exact) mass is 190 g/mol. The van der Waals surface area contributed by atoms with E-state index in [-0.39, 0.29) is 0 Å². The van der Waals surface area contributed by atoms with Gasteiger partial charge in [0.15, 0.2) is 0 Å². The van der Waals surface area contributed by atoms with Crippen LogP contribution in [0.1, 0.15) is 0 Å². The first-order valence-electron chi connectivity index (χ1n) is 5.16. The maximum Gasteiger partial charge on any atom is 0.225 e. The molecule has 4 nitrogen and oxygen atoms in total. The number of fused-ring (bicyclic) bond motifs is 1. The zero-order valence-corrected chi connectivity index (χ0v) is 8.06. The van der Waals surface area contributed by atoms with Gasteiger partial charge in [0.1, 0.15) is 0 Å². The summed E-state index contributed by atoms with van der Waals surface area (Å²) >= 11 is 0. The van der Waals surface area contributed by atoms with Crippen LogP contribution in [0.25, 0.3) is 0 Å². The second kappa shape index (κ2) is 3.20. The number of hydrogen-bond acceptors (Lipinski definition) is 4. The van der Waals surface area contributed by atoms with Crippen LogP contribution in [-0.2, 0) is 0 Å². The fourth-order valence-electron chi connectivity index (χ4n) is 2.47. The lowest BCUT2D eigenvalue weighted by Crippen LogP contribution is -2.26.